The Balaban J connectivity index is 1.77. The number of hydrogen-bond acceptors (Lipinski definition) is 3. The molecule has 0 unspecified atom stereocenters. The van der Waals surface area contributed by atoms with Crippen LogP contribution >= 0.6 is 0 Å². The van der Waals surface area contributed by atoms with Gasteiger partial charge >= 0.3 is 0 Å². The monoisotopic (exact) mass is 401 g/mol. The zero-order chi connectivity index (χ0) is 21.4. The summed E-state index contributed by atoms with van der Waals surface area (Å²) in [5.74, 6) is 0.879. The number of imidazole rings is 1. The lowest BCUT2D eigenvalue weighted by Gasteiger charge is -2.20. The largest absolute Gasteiger partial charge is 0.459 e. The second-order valence-electron chi connectivity index (χ2n) is 7.96. The second kappa shape index (κ2) is 7.82. The standard InChI is InChI=1S/C25H27N3O2/c1-15-13-16(2)18(4)20(17(15)3)14-28-22-10-7-6-9-21(22)27-24(28)19(5)26-25(29)23-11-8-12-30-23/h6-13,19H,14H2,1-5H3,(H,26,29)/t19-/m0/s1. The lowest BCUT2D eigenvalue weighted by Crippen LogP contribution is -2.28. The van der Waals surface area contributed by atoms with E-state index in [1.807, 2.05) is 25.1 Å². The molecule has 0 saturated heterocycles. The first kappa shape index (κ1) is 20.0. The Kier molecular flexibility index (Phi) is 5.20. The molecule has 0 aliphatic rings. The third kappa shape index (κ3) is 3.52. The highest BCUT2D eigenvalue weighted by atomic mass is 16.3. The van der Waals surface area contributed by atoms with Gasteiger partial charge in [0.15, 0.2) is 5.76 Å². The van der Waals surface area contributed by atoms with Gasteiger partial charge in [-0.1, -0.05) is 18.2 Å². The van der Waals surface area contributed by atoms with Gasteiger partial charge in [0.2, 0.25) is 0 Å². The van der Waals surface area contributed by atoms with Crippen LogP contribution in [0, 0.1) is 27.7 Å². The van der Waals surface area contributed by atoms with Crippen LogP contribution in [0.25, 0.3) is 11.0 Å². The van der Waals surface area contributed by atoms with Gasteiger partial charge in [-0.15, -0.1) is 0 Å². The van der Waals surface area contributed by atoms with Crippen LogP contribution < -0.4 is 5.32 Å². The number of fused-ring (bicyclic) bond motifs is 1. The summed E-state index contributed by atoms with van der Waals surface area (Å²) in [6, 6.07) is 13.4. The van der Waals surface area contributed by atoms with Gasteiger partial charge in [0.1, 0.15) is 5.82 Å². The lowest BCUT2D eigenvalue weighted by molar-refractivity contribution is 0.0909. The van der Waals surface area contributed by atoms with Crippen molar-refractivity contribution in [3.63, 3.8) is 0 Å². The summed E-state index contributed by atoms with van der Waals surface area (Å²) in [4.78, 5) is 17.4. The number of para-hydroxylation sites is 2. The highest BCUT2D eigenvalue weighted by molar-refractivity contribution is 5.91. The van der Waals surface area contributed by atoms with Crippen molar-refractivity contribution in [2.45, 2.75) is 47.2 Å². The molecule has 0 radical (unpaired) electrons. The minimum Gasteiger partial charge on any atom is -0.459 e. The molecule has 1 atom stereocenters. The fourth-order valence-electron chi connectivity index (χ4n) is 4.02. The van der Waals surface area contributed by atoms with Crippen LogP contribution in [0.1, 0.15) is 57.2 Å². The van der Waals surface area contributed by atoms with E-state index in [1.54, 1.807) is 12.1 Å². The molecule has 0 spiro atoms. The third-order valence-corrected chi connectivity index (χ3v) is 6.00. The normalized spacial score (nSPS) is 12.3. The summed E-state index contributed by atoms with van der Waals surface area (Å²) in [5, 5.41) is 3.02. The number of benzene rings is 2. The molecule has 0 aliphatic carbocycles. The highest BCUT2D eigenvalue weighted by Gasteiger charge is 2.21. The maximum absolute atomic E-state index is 12.5. The van der Waals surface area contributed by atoms with Gasteiger partial charge in [0.05, 0.1) is 23.3 Å². The van der Waals surface area contributed by atoms with E-state index in [1.165, 1.54) is 34.1 Å². The SMILES string of the molecule is Cc1cc(C)c(C)c(Cn2c([C@H](C)NC(=O)c3ccco3)nc3ccccc32)c1C. The number of furan rings is 1. The first-order valence-corrected chi connectivity index (χ1v) is 10.2. The Morgan fingerprint density at radius 2 is 1.77 bits per heavy atom. The molecule has 2 aromatic heterocycles. The number of aryl methyl sites for hydroxylation is 2. The van der Waals surface area contributed by atoms with Crippen LogP contribution in [0.2, 0.25) is 0 Å². The Labute approximate surface area is 176 Å². The molecule has 154 valence electrons. The van der Waals surface area contributed by atoms with Crippen molar-refractivity contribution < 1.29 is 9.21 Å². The molecule has 0 saturated carbocycles. The number of hydrogen-bond donors (Lipinski definition) is 1. The van der Waals surface area contributed by atoms with Gasteiger partial charge in [-0.25, -0.2) is 4.98 Å². The molecular weight excluding hydrogens is 374 g/mol. The molecule has 2 aromatic carbocycles. The van der Waals surface area contributed by atoms with Gasteiger partial charge in [0.25, 0.3) is 5.91 Å². The molecule has 5 heteroatoms. The van der Waals surface area contributed by atoms with Crippen LogP contribution in [-0.2, 0) is 6.54 Å². The maximum atomic E-state index is 12.5. The van der Waals surface area contributed by atoms with Crippen LogP contribution in [0.5, 0.6) is 0 Å². The summed E-state index contributed by atoms with van der Waals surface area (Å²) in [6.07, 6.45) is 1.50. The molecular formula is C25H27N3O2. The van der Waals surface area contributed by atoms with E-state index in [0.717, 1.165) is 16.9 Å². The van der Waals surface area contributed by atoms with Crippen molar-refractivity contribution in [3.8, 4) is 0 Å². The third-order valence-electron chi connectivity index (χ3n) is 6.00. The van der Waals surface area contributed by atoms with Crippen molar-refractivity contribution in [1.82, 2.24) is 14.9 Å². The van der Waals surface area contributed by atoms with E-state index < -0.39 is 0 Å². The molecule has 4 rings (SSSR count). The molecule has 0 aliphatic heterocycles. The first-order chi connectivity index (χ1) is 14.4. The number of nitrogens with one attached hydrogen (secondary N) is 1. The molecule has 4 aromatic rings. The average molecular weight is 402 g/mol. The van der Waals surface area contributed by atoms with Crippen molar-refractivity contribution in [1.29, 1.82) is 0 Å². The van der Waals surface area contributed by atoms with Crippen LogP contribution in [0.4, 0.5) is 0 Å². The Bertz CT molecular complexity index is 1190. The summed E-state index contributed by atoms with van der Waals surface area (Å²) in [5.41, 5.74) is 8.47. The topological polar surface area (TPSA) is 60.1 Å². The van der Waals surface area contributed by atoms with Gasteiger partial charge in [-0.05, 0) is 86.7 Å². The zero-order valence-corrected chi connectivity index (χ0v) is 18.1. The number of carbonyl (C=O) groups is 1. The van der Waals surface area contributed by atoms with Crippen molar-refractivity contribution in [3.05, 3.63) is 88.1 Å². The quantitative estimate of drug-likeness (QED) is 0.487. The molecule has 0 fully saturated rings. The van der Waals surface area contributed by atoms with Gasteiger partial charge in [0, 0.05) is 6.54 Å². The molecule has 5 nitrogen and oxygen atoms in total. The van der Waals surface area contributed by atoms with E-state index >= 15 is 0 Å². The fraction of sp³-hybridized carbons (Fsp3) is 0.280. The minimum atomic E-state index is -0.276. The number of nitrogens with zero attached hydrogens (tertiary/aromatic N) is 2. The van der Waals surface area contributed by atoms with E-state index in [4.69, 9.17) is 9.40 Å². The Morgan fingerprint density at radius 3 is 2.43 bits per heavy atom. The van der Waals surface area contributed by atoms with Crippen LogP contribution in [0.15, 0.2) is 53.1 Å². The molecule has 1 amide bonds. The number of aromatic nitrogens is 2. The van der Waals surface area contributed by atoms with Crippen LogP contribution in [-0.4, -0.2) is 15.5 Å². The second-order valence-corrected chi connectivity index (χ2v) is 7.96. The summed E-state index contributed by atoms with van der Waals surface area (Å²) >= 11 is 0. The summed E-state index contributed by atoms with van der Waals surface area (Å²) in [7, 11) is 0. The van der Waals surface area contributed by atoms with E-state index in [-0.39, 0.29) is 11.9 Å². The molecule has 1 N–H and O–H groups in total. The molecule has 0 bridgehead atoms. The van der Waals surface area contributed by atoms with Crippen LogP contribution in [0.3, 0.4) is 0 Å². The maximum Gasteiger partial charge on any atom is 0.287 e. The van der Waals surface area contributed by atoms with Crippen molar-refractivity contribution >= 4 is 16.9 Å². The zero-order valence-electron chi connectivity index (χ0n) is 18.1. The smallest absolute Gasteiger partial charge is 0.287 e. The lowest BCUT2D eigenvalue weighted by atomic mass is 9.94. The Morgan fingerprint density at radius 1 is 1.07 bits per heavy atom. The predicted molar refractivity (Wildman–Crippen MR) is 119 cm³/mol. The van der Waals surface area contributed by atoms with Gasteiger partial charge < -0.3 is 14.3 Å². The highest BCUT2D eigenvalue weighted by Crippen LogP contribution is 2.27. The van der Waals surface area contributed by atoms with E-state index in [9.17, 15) is 4.79 Å². The number of carbonyl (C=O) groups excluding carboxylic acids is 1. The first-order valence-electron chi connectivity index (χ1n) is 10.2. The number of rotatable bonds is 5. The average Bonchev–Trinajstić information content (AvgIpc) is 3.38. The number of amides is 1. The summed E-state index contributed by atoms with van der Waals surface area (Å²) in [6.45, 7) is 11.3. The Hall–Kier alpha value is -3.34. The van der Waals surface area contributed by atoms with Gasteiger partial charge in [-0.2, -0.15) is 0 Å². The van der Waals surface area contributed by atoms with Crippen molar-refractivity contribution in [2.24, 2.45) is 0 Å². The predicted octanol–water partition coefficient (Wildman–Crippen LogP) is 5.40. The van der Waals surface area contributed by atoms with E-state index in [2.05, 4.69) is 49.7 Å². The summed E-state index contributed by atoms with van der Waals surface area (Å²) < 4.78 is 7.45. The molecule has 2 heterocycles. The fourth-order valence-corrected chi connectivity index (χ4v) is 4.02. The van der Waals surface area contributed by atoms with Gasteiger partial charge in [-0.3, -0.25) is 4.79 Å². The van der Waals surface area contributed by atoms with E-state index in [0.29, 0.717) is 12.3 Å². The molecule has 30 heavy (non-hydrogen) atoms. The van der Waals surface area contributed by atoms with Crippen molar-refractivity contribution in [2.75, 3.05) is 0 Å². The minimum absolute atomic E-state index is 0.245.